The molecule has 48 heavy (non-hydrogen) atoms. The fraction of sp³-hybridized carbons (Fsp3) is 0.543. The third-order valence-corrected chi connectivity index (χ3v) is 8.36. The predicted octanol–water partition coefficient (Wildman–Crippen LogP) is 3.96. The first-order valence-electron chi connectivity index (χ1n) is 16.9. The van der Waals surface area contributed by atoms with Crippen LogP contribution in [0.5, 0.6) is 5.75 Å². The summed E-state index contributed by atoms with van der Waals surface area (Å²) in [6.07, 6.45) is 15.8. The van der Waals surface area contributed by atoms with Crippen LogP contribution >= 0.6 is 0 Å². The zero-order valence-electron chi connectivity index (χ0n) is 28.4. The number of nitrogens with one attached hydrogen (secondary N) is 4. The number of H-pyrrole nitrogens is 2. The van der Waals surface area contributed by atoms with E-state index < -0.39 is 35.7 Å². The largest absolute Gasteiger partial charge is 0.508 e. The third-order valence-electron chi connectivity index (χ3n) is 8.36. The van der Waals surface area contributed by atoms with Gasteiger partial charge in [0.2, 0.25) is 11.8 Å². The first kappa shape index (κ1) is 37.9. The van der Waals surface area contributed by atoms with E-state index in [0.717, 1.165) is 36.3 Å². The number of hydrogen-bond donors (Lipinski definition) is 5. The molecule has 0 aliphatic heterocycles. The van der Waals surface area contributed by atoms with Crippen molar-refractivity contribution in [2.45, 2.75) is 102 Å². The molecule has 2 aromatic heterocycles. The van der Waals surface area contributed by atoms with Crippen molar-refractivity contribution in [3.05, 3.63) is 66.3 Å². The number of imidazole rings is 2. The number of aromatic hydroxyl groups is 1. The first-order chi connectivity index (χ1) is 23.2. The minimum Gasteiger partial charge on any atom is -0.508 e. The Bertz CT molecular complexity index is 1380. The molecule has 262 valence electrons. The van der Waals surface area contributed by atoms with Crippen LogP contribution in [0.4, 0.5) is 0 Å². The van der Waals surface area contributed by atoms with Crippen molar-refractivity contribution in [2.75, 3.05) is 14.2 Å². The molecule has 0 unspecified atom stereocenters. The van der Waals surface area contributed by atoms with Crippen molar-refractivity contribution in [1.82, 2.24) is 35.6 Å². The van der Waals surface area contributed by atoms with Gasteiger partial charge in [-0.3, -0.25) is 24.0 Å². The summed E-state index contributed by atoms with van der Waals surface area (Å²) in [5.74, 6) is -2.21. The second-order valence-electron chi connectivity index (χ2n) is 12.2. The number of carbonyl (C=O) groups is 4. The molecular formula is C35H51N7O6. The summed E-state index contributed by atoms with van der Waals surface area (Å²) in [5.41, 5.74) is 1.99. The van der Waals surface area contributed by atoms with Crippen LogP contribution in [0.1, 0.15) is 88.1 Å². The molecule has 0 radical (unpaired) electrons. The Morgan fingerprint density at radius 2 is 1.38 bits per heavy atom. The number of aromatic nitrogens is 4. The lowest BCUT2D eigenvalue weighted by molar-refractivity contribution is -0.171. The van der Waals surface area contributed by atoms with E-state index in [1.807, 2.05) is 0 Å². The van der Waals surface area contributed by atoms with Crippen LogP contribution in [-0.2, 0) is 43.3 Å². The molecule has 0 aliphatic carbocycles. The van der Waals surface area contributed by atoms with Crippen LogP contribution in [0.25, 0.3) is 0 Å². The number of carbonyl (C=O) groups excluding carboxylic acids is 4. The van der Waals surface area contributed by atoms with Crippen LogP contribution in [0.3, 0.4) is 0 Å². The Morgan fingerprint density at radius 3 is 1.94 bits per heavy atom. The van der Waals surface area contributed by atoms with E-state index in [1.54, 1.807) is 24.5 Å². The van der Waals surface area contributed by atoms with Gasteiger partial charge >= 0.3 is 0 Å². The van der Waals surface area contributed by atoms with Crippen LogP contribution in [0.2, 0.25) is 0 Å². The first-order valence-corrected chi connectivity index (χ1v) is 16.9. The number of hydroxylamine groups is 2. The van der Waals surface area contributed by atoms with Crippen molar-refractivity contribution in [1.29, 1.82) is 0 Å². The maximum Gasteiger partial charge on any atom is 0.268 e. The molecular weight excluding hydrogens is 614 g/mol. The molecule has 3 amide bonds. The Morgan fingerprint density at radius 1 is 0.812 bits per heavy atom. The van der Waals surface area contributed by atoms with E-state index >= 15 is 0 Å². The predicted molar refractivity (Wildman–Crippen MR) is 180 cm³/mol. The monoisotopic (exact) mass is 665 g/mol. The summed E-state index contributed by atoms with van der Waals surface area (Å²) >= 11 is 0. The number of amides is 3. The average Bonchev–Trinajstić information content (AvgIpc) is 3.80. The van der Waals surface area contributed by atoms with Crippen molar-refractivity contribution in [2.24, 2.45) is 5.92 Å². The van der Waals surface area contributed by atoms with Gasteiger partial charge in [0.15, 0.2) is 0 Å². The number of phenolic OH excluding ortho intramolecular Hbond substituents is 1. The number of benzene rings is 1. The van der Waals surface area contributed by atoms with Crippen molar-refractivity contribution < 1.29 is 29.1 Å². The SMILES string of the molecule is CCCCCCCCCCC(=O)C[C@@H](Cc1ccc(O)cc1)C(=O)N[C@@H](Cc1cnc[nH]1)C(=O)N[C@@H](Cc1cnc[nH]1)C(=O)N(C)OC. The van der Waals surface area contributed by atoms with Crippen molar-refractivity contribution in [3.63, 3.8) is 0 Å². The number of phenols is 1. The fourth-order valence-electron chi connectivity index (χ4n) is 5.52. The highest BCUT2D eigenvalue weighted by Crippen LogP contribution is 2.19. The van der Waals surface area contributed by atoms with Gasteiger partial charge < -0.3 is 25.7 Å². The summed E-state index contributed by atoms with van der Waals surface area (Å²) in [5, 5.41) is 16.4. The second kappa shape index (κ2) is 20.7. The van der Waals surface area contributed by atoms with E-state index in [2.05, 4.69) is 37.5 Å². The Hall–Kier alpha value is -4.52. The molecule has 3 atom stereocenters. The zero-order chi connectivity index (χ0) is 34.7. The average molecular weight is 666 g/mol. The number of likely N-dealkylation sites (N-methyl/N-ethyl adjacent to an activating group) is 1. The number of aromatic amines is 2. The van der Waals surface area contributed by atoms with Crippen LogP contribution < -0.4 is 10.6 Å². The number of rotatable bonds is 23. The number of Topliss-reactive ketones (excluding diaryl/α,β-unsaturated/α-hetero) is 1. The van der Waals surface area contributed by atoms with Gasteiger partial charge in [-0.05, 0) is 30.5 Å². The maximum atomic E-state index is 13.9. The standard InChI is InChI=1S/C35H51N7O6/c1-4-5-6-7-8-9-10-11-12-30(44)18-26(17-25-13-15-29(43)16-14-25)33(45)40-31(19-27-21-36-23-38-27)34(46)41-32(35(47)42(2)48-3)20-28-22-37-24-39-28/h13-16,21-24,26,31-32,43H,4-12,17-20H2,1-3H3,(H,36,38)(H,37,39)(H,40,45)(H,41,46)/t26-,31+,32+/m1/s1. The molecule has 2 heterocycles. The summed E-state index contributed by atoms with van der Waals surface area (Å²) < 4.78 is 0. The molecule has 0 spiro atoms. The molecule has 5 N–H and O–H groups in total. The van der Waals surface area contributed by atoms with Gasteiger partial charge in [-0.1, -0.05) is 64.0 Å². The van der Waals surface area contributed by atoms with Gasteiger partial charge in [-0.15, -0.1) is 0 Å². The highest BCUT2D eigenvalue weighted by Gasteiger charge is 2.32. The Labute approximate surface area is 282 Å². The minimum atomic E-state index is -1.09. The minimum absolute atomic E-state index is 0.0118. The summed E-state index contributed by atoms with van der Waals surface area (Å²) in [4.78, 5) is 73.0. The van der Waals surface area contributed by atoms with E-state index in [4.69, 9.17) is 4.84 Å². The van der Waals surface area contributed by atoms with E-state index in [9.17, 15) is 24.3 Å². The smallest absolute Gasteiger partial charge is 0.268 e. The van der Waals surface area contributed by atoms with E-state index in [-0.39, 0.29) is 37.2 Å². The number of ketones is 1. The van der Waals surface area contributed by atoms with E-state index in [0.29, 0.717) is 17.8 Å². The summed E-state index contributed by atoms with van der Waals surface area (Å²) in [6.45, 7) is 2.19. The molecule has 13 heteroatoms. The fourth-order valence-corrected chi connectivity index (χ4v) is 5.52. The van der Waals surface area contributed by atoms with Gasteiger partial charge in [0.1, 0.15) is 23.6 Å². The van der Waals surface area contributed by atoms with Crippen molar-refractivity contribution in [3.8, 4) is 5.75 Å². The number of hydrogen-bond acceptors (Lipinski definition) is 8. The normalized spacial score (nSPS) is 13.0. The molecule has 0 saturated carbocycles. The topological polar surface area (TPSA) is 182 Å². The van der Waals surface area contributed by atoms with Gasteiger partial charge in [0.05, 0.1) is 19.8 Å². The maximum absolute atomic E-state index is 13.9. The van der Waals surface area contributed by atoms with Gasteiger partial charge in [-0.2, -0.15) is 0 Å². The summed E-state index contributed by atoms with van der Waals surface area (Å²) in [6, 6.07) is 4.39. The molecule has 3 rings (SSSR count). The lowest BCUT2D eigenvalue weighted by Crippen LogP contribution is -2.56. The van der Waals surface area contributed by atoms with Gasteiger partial charge in [0.25, 0.3) is 5.91 Å². The molecule has 0 aliphatic rings. The Kier molecular flexibility index (Phi) is 16.3. The second-order valence-corrected chi connectivity index (χ2v) is 12.2. The lowest BCUT2D eigenvalue weighted by atomic mass is 9.91. The summed E-state index contributed by atoms with van der Waals surface area (Å²) in [7, 11) is 2.79. The molecule has 0 bridgehead atoms. The van der Waals surface area contributed by atoms with Gasteiger partial charge in [0, 0.05) is 62.4 Å². The van der Waals surface area contributed by atoms with Gasteiger partial charge in [-0.25, -0.2) is 15.0 Å². The van der Waals surface area contributed by atoms with Crippen LogP contribution in [0, 0.1) is 5.92 Å². The highest BCUT2D eigenvalue weighted by atomic mass is 16.7. The quantitative estimate of drug-likeness (QED) is 0.0745. The molecule has 0 saturated heterocycles. The number of unbranched alkanes of at least 4 members (excludes halogenated alkanes) is 7. The molecule has 0 fully saturated rings. The molecule has 3 aromatic rings. The lowest BCUT2D eigenvalue weighted by Gasteiger charge is -2.26. The number of nitrogens with zero attached hydrogens (tertiary/aromatic N) is 3. The zero-order valence-corrected chi connectivity index (χ0v) is 28.4. The molecule has 13 nitrogen and oxygen atoms in total. The van der Waals surface area contributed by atoms with Crippen LogP contribution in [-0.4, -0.2) is 79.9 Å². The Balaban J connectivity index is 1.73. The van der Waals surface area contributed by atoms with Crippen LogP contribution in [0.15, 0.2) is 49.3 Å². The van der Waals surface area contributed by atoms with E-state index in [1.165, 1.54) is 64.6 Å². The highest BCUT2D eigenvalue weighted by molar-refractivity contribution is 5.93. The van der Waals surface area contributed by atoms with Crippen molar-refractivity contribution >= 4 is 23.5 Å². The third kappa shape index (κ3) is 13.3. The molecule has 1 aromatic carbocycles.